The molecule has 0 bridgehead atoms. The minimum Gasteiger partial charge on any atom is -0.486 e. The van der Waals surface area contributed by atoms with Crippen LogP contribution < -0.4 is 15.0 Å². The number of carbonyl (C=O) groups is 2. The number of hydrogen-bond acceptors (Lipinski definition) is 3. The van der Waals surface area contributed by atoms with Gasteiger partial charge in [0.15, 0.2) is 0 Å². The van der Waals surface area contributed by atoms with E-state index in [4.69, 9.17) is 4.74 Å². The number of para-hydroxylation sites is 2. The second-order valence-corrected chi connectivity index (χ2v) is 6.15. The van der Waals surface area contributed by atoms with Crippen molar-refractivity contribution in [2.75, 3.05) is 11.4 Å². The van der Waals surface area contributed by atoms with Gasteiger partial charge in [-0.2, -0.15) is 0 Å². The zero-order valence-corrected chi connectivity index (χ0v) is 14.8. The van der Waals surface area contributed by atoms with E-state index in [1.807, 2.05) is 43.3 Å². The van der Waals surface area contributed by atoms with Crippen LogP contribution in [0.4, 0.5) is 5.69 Å². The minimum atomic E-state index is -0.222. The van der Waals surface area contributed by atoms with Gasteiger partial charge >= 0.3 is 0 Å². The first kappa shape index (κ1) is 17.7. The van der Waals surface area contributed by atoms with Crippen LogP contribution in [0.2, 0.25) is 0 Å². The van der Waals surface area contributed by atoms with Crippen molar-refractivity contribution in [3.63, 3.8) is 0 Å². The molecule has 1 heterocycles. The van der Waals surface area contributed by atoms with E-state index in [1.54, 1.807) is 17.0 Å². The van der Waals surface area contributed by atoms with E-state index in [1.165, 1.54) is 6.08 Å². The van der Waals surface area contributed by atoms with E-state index < -0.39 is 0 Å². The summed E-state index contributed by atoms with van der Waals surface area (Å²) in [4.78, 5) is 26.1. The standard InChI is InChI=1S/C21H22N2O3/c1-3-17-14-23(18-7-5-6-8-19(18)26-17)21(25)16-11-9-15(10-12-16)13-22-20(24)4-2/h4-12,17H,2-3,13-14H2,1H3,(H,22,24). The van der Waals surface area contributed by atoms with E-state index in [9.17, 15) is 9.59 Å². The molecule has 0 aliphatic carbocycles. The number of amides is 2. The maximum atomic E-state index is 13.0. The molecule has 2 aromatic carbocycles. The third-order valence-corrected chi connectivity index (χ3v) is 4.39. The Morgan fingerprint density at radius 3 is 2.65 bits per heavy atom. The predicted octanol–water partition coefficient (Wildman–Crippen LogP) is 3.31. The van der Waals surface area contributed by atoms with E-state index in [0.29, 0.717) is 18.7 Å². The molecule has 1 aliphatic heterocycles. The van der Waals surface area contributed by atoms with Crippen molar-refractivity contribution in [3.8, 4) is 5.75 Å². The molecule has 1 N–H and O–H groups in total. The van der Waals surface area contributed by atoms with Crippen molar-refractivity contribution in [2.45, 2.75) is 26.0 Å². The number of anilines is 1. The molecule has 5 nitrogen and oxygen atoms in total. The van der Waals surface area contributed by atoms with E-state index in [-0.39, 0.29) is 17.9 Å². The summed E-state index contributed by atoms with van der Waals surface area (Å²) >= 11 is 0. The van der Waals surface area contributed by atoms with Crippen LogP contribution in [0, 0.1) is 0 Å². The third-order valence-electron chi connectivity index (χ3n) is 4.39. The number of nitrogens with zero attached hydrogens (tertiary/aromatic N) is 1. The molecule has 5 heteroatoms. The van der Waals surface area contributed by atoms with Gasteiger partial charge in [0.2, 0.25) is 5.91 Å². The highest BCUT2D eigenvalue weighted by molar-refractivity contribution is 6.07. The summed E-state index contributed by atoms with van der Waals surface area (Å²) in [5, 5.41) is 2.72. The fourth-order valence-electron chi connectivity index (χ4n) is 2.89. The average Bonchev–Trinajstić information content (AvgIpc) is 2.70. The number of carbonyl (C=O) groups excluding carboxylic acids is 2. The molecule has 134 valence electrons. The lowest BCUT2D eigenvalue weighted by Gasteiger charge is -2.34. The zero-order chi connectivity index (χ0) is 18.5. The van der Waals surface area contributed by atoms with Crippen LogP contribution >= 0.6 is 0 Å². The van der Waals surface area contributed by atoms with Crippen LogP contribution in [-0.4, -0.2) is 24.5 Å². The van der Waals surface area contributed by atoms with Gasteiger partial charge in [0.05, 0.1) is 12.2 Å². The fourth-order valence-corrected chi connectivity index (χ4v) is 2.89. The molecule has 1 unspecified atom stereocenters. The molecule has 2 amide bonds. The SMILES string of the molecule is C=CC(=O)NCc1ccc(C(=O)N2CC(CC)Oc3ccccc32)cc1. The number of fused-ring (bicyclic) bond motifs is 1. The van der Waals surface area contributed by atoms with Crippen LogP contribution in [0.25, 0.3) is 0 Å². The maximum Gasteiger partial charge on any atom is 0.258 e. The van der Waals surface area contributed by atoms with Crippen LogP contribution in [0.5, 0.6) is 5.75 Å². The monoisotopic (exact) mass is 350 g/mol. The van der Waals surface area contributed by atoms with E-state index in [2.05, 4.69) is 11.9 Å². The molecule has 1 aliphatic rings. The molecule has 0 saturated carbocycles. The highest BCUT2D eigenvalue weighted by Gasteiger charge is 2.29. The number of hydrogen-bond donors (Lipinski definition) is 1. The highest BCUT2D eigenvalue weighted by atomic mass is 16.5. The molecule has 0 saturated heterocycles. The summed E-state index contributed by atoms with van der Waals surface area (Å²) in [5.74, 6) is 0.462. The second-order valence-electron chi connectivity index (χ2n) is 6.15. The predicted molar refractivity (Wildman–Crippen MR) is 101 cm³/mol. The second kappa shape index (κ2) is 7.87. The lowest BCUT2D eigenvalue weighted by Crippen LogP contribution is -2.43. The Kier molecular flexibility index (Phi) is 5.37. The van der Waals surface area contributed by atoms with Crippen molar-refractivity contribution < 1.29 is 14.3 Å². The van der Waals surface area contributed by atoms with Gasteiger partial charge in [0.1, 0.15) is 11.9 Å². The molecule has 0 fully saturated rings. The van der Waals surface area contributed by atoms with Crippen molar-refractivity contribution in [3.05, 3.63) is 72.3 Å². The summed E-state index contributed by atoms with van der Waals surface area (Å²) in [6.45, 7) is 6.40. The van der Waals surface area contributed by atoms with E-state index >= 15 is 0 Å². The number of ether oxygens (including phenoxy) is 1. The summed E-state index contributed by atoms with van der Waals surface area (Å²) in [7, 11) is 0. The van der Waals surface area contributed by atoms with Crippen LogP contribution in [0.3, 0.4) is 0 Å². The summed E-state index contributed by atoms with van der Waals surface area (Å²) in [5.41, 5.74) is 2.32. The summed E-state index contributed by atoms with van der Waals surface area (Å²) in [6.07, 6.45) is 2.06. The number of nitrogens with one attached hydrogen (secondary N) is 1. The molecule has 0 spiro atoms. The van der Waals surface area contributed by atoms with Gasteiger partial charge in [-0.05, 0) is 42.3 Å². The first-order valence-corrected chi connectivity index (χ1v) is 8.69. The van der Waals surface area contributed by atoms with Gasteiger partial charge in [-0.15, -0.1) is 0 Å². The van der Waals surface area contributed by atoms with Gasteiger partial charge in [-0.25, -0.2) is 0 Å². The van der Waals surface area contributed by atoms with Crippen molar-refractivity contribution in [1.29, 1.82) is 0 Å². The molecular formula is C21H22N2O3. The molecular weight excluding hydrogens is 328 g/mol. The normalized spacial score (nSPS) is 15.6. The van der Waals surface area contributed by atoms with Crippen molar-refractivity contribution in [2.24, 2.45) is 0 Å². The zero-order valence-electron chi connectivity index (χ0n) is 14.8. The van der Waals surface area contributed by atoms with Gasteiger partial charge in [0.25, 0.3) is 5.91 Å². The number of rotatable bonds is 5. The quantitative estimate of drug-likeness (QED) is 0.842. The molecule has 2 aromatic rings. The van der Waals surface area contributed by atoms with Gasteiger partial charge in [0, 0.05) is 12.1 Å². The molecule has 0 aromatic heterocycles. The smallest absolute Gasteiger partial charge is 0.258 e. The van der Waals surface area contributed by atoms with Gasteiger partial charge in [-0.1, -0.05) is 37.8 Å². The summed E-state index contributed by atoms with van der Waals surface area (Å²) < 4.78 is 5.94. The minimum absolute atomic E-state index is 0.0118. The summed E-state index contributed by atoms with van der Waals surface area (Å²) in [6, 6.07) is 14.9. The third kappa shape index (κ3) is 3.77. The van der Waals surface area contributed by atoms with Crippen LogP contribution in [0.15, 0.2) is 61.2 Å². The maximum absolute atomic E-state index is 13.0. The molecule has 3 rings (SSSR count). The van der Waals surface area contributed by atoms with Crippen molar-refractivity contribution in [1.82, 2.24) is 5.32 Å². The largest absolute Gasteiger partial charge is 0.486 e. The lowest BCUT2D eigenvalue weighted by molar-refractivity contribution is -0.116. The fraction of sp³-hybridized carbons (Fsp3) is 0.238. The first-order valence-electron chi connectivity index (χ1n) is 8.69. The van der Waals surface area contributed by atoms with Gasteiger partial charge in [-0.3, -0.25) is 9.59 Å². The van der Waals surface area contributed by atoms with Crippen molar-refractivity contribution >= 4 is 17.5 Å². The Balaban J connectivity index is 1.78. The van der Waals surface area contributed by atoms with Crippen LogP contribution in [0.1, 0.15) is 29.3 Å². The molecule has 26 heavy (non-hydrogen) atoms. The lowest BCUT2D eigenvalue weighted by atomic mass is 10.1. The Labute approximate surface area is 153 Å². The Morgan fingerprint density at radius 1 is 1.23 bits per heavy atom. The topological polar surface area (TPSA) is 58.6 Å². The van der Waals surface area contributed by atoms with E-state index in [0.717, 1.165) is 23.4 Å². The molecule has 1 atom stereocenters. The van der Waals surface area contributed by atoms with Crippen LogP contribution in [-0.2, 0) is 11.3 Å². The van der Waals surface area contributed by atoms with Gasteiger partial charge < -0.3 is 15.0 Å². The number of benzene rings is 2. The molecule has 0 radical (unpaired) electrons. The Bertz CT molecular complexity index is 814. The first-order chi connectivity index (χ1) is 12.6. The Hall–Kier alpha value is -3.08. The highest BCUT2D eigenvalue weighted by Crippen LogP contribution is 2.34. The Morgan fingerprint density at radius 2 is 1.96 bits per heavy atom. The average molecular weight is 350 g/mol.